The van der Waals surface area contributed by atoms with Gasteiger partial charge in [0.1, 0.15) is 17.8 Å². The molecule has 1 aromatic carbocycles. The minimum atomic E-state index is -0.877. The van der Waals surface area contributed by atoms with Gasteiger partial charge in [-0.25, -0.2) is 0 Å². The molecule has 1 N–H and O–H groups in total. The summed E-state index contributed by atoms with van der Waals surface area (Å²) in [5.41, 5.74) is -0.208. The molecule has 0 saturated carbocycles. The molecule has 1 aliphatic heterocycles. The topological polar surface area (TPSA) is 58.6 Å². The third kappa shape index (κ3) is 2.16. The van der Waals surface area contributed by atoms with Crippen LogP contribution >= 0.6 is 0 Å². The maximum Gasteiger partial charge on any atom is 0.252 e. The summed E-state index contributed by atoms with van der Waals surface area (Å²) in [6, 6.07) is 7.12. The Morgan fingerprint density at radius 2 is 2.06 bits per heavy atom. The molecule has 0 aromatic heterocycles. The standard InChI is InChI=1S/C13H16N2O3/c1-13(2)12(17)15(8-11(16)14-13)9-5-4-6-10(7-9)18-3/h4-7H,8H2,1-3H3,(H,14,16). The average Bonchev–Trinajstić information content (AvgIpc) is 2.33. The van der Waals surface area contributed by atoms with Crippen LogP contribution in [0.1, 0.15) is 13.8 Å². The number of hydrogen-bond donors (Lipinski definition) is 1. The van der Waals surface area contributed by atoms with E-state index in [2.05, 4.69) is 5.32 Å². The highest BCUT2D eigenvalue weighted by atomic mass is 16.5. The first-order valence-electron chi connectivity index (χ1n) is 5.71. The van der Waals surface area contributed by atoms with E-state index in [9.17, 15) is 9.59 Å². The first kappa shape index (κ1) is 12.4. The first-order chi connectivity index (χ1) is 8.44. The van der Waals surface area contributed by atoms with Crippen LogP contribution in [-0.2, 0) is 9.59 Å². The molecule has 1 saturated heterocycles. The third-order valence-electron chi connectivity index (χ3n) is 2.90. The molecule has 5 nitrogen and oxygen atoms in total. The summed E-state index contributed by atoms with van der Waals surface area (Å²) in [5, 5.41) is 2.67. The molecule has 0 radical (unpaired) electrons. The molecule has 2 rings (SSSR count). The second kappa shape index (κ2) is 4.33. The second-order valence-electron chi connectivity index (χ2n) is 4.77. The van der Waals surface area contributed by atoms with Crippen molar-refractivity contribution in [3.05, 3.63) is 24.3 Å². The van der Waals surface area contributed by atoms with Crippen molar-refractivity contribution in [2.45, 2.75) is 19.4 Å². The van der Waals surface area contributed by atoms with Crippen molar-refractivity contribution in [2.75, 3.05) is 18.6 Å². The molecule has 0 bridgehead atoms. The van der Waals surface area contributed by atoms with Crippen LogP contribution in [0.5, 0.6) is 5.75 Å². The summed E-state index contributed by atoms with van der Waals surface area (Å²) in [4.78, 5) is 25.4. The molecule has 0 spiro atoms. The minimum Gasteiger partial charge on any atom is -0.497 e. The Labute approximate surface area is 106 Å². The van der Waals surface area contributed by atoms with E-state index >= 15 is 0 Å². The lowest BCUT2D eigenvalue weighted by Crippen LogP contribution is -2.64. The molecule has 0 atom stereocenters. The fraction of sp³-hybridized carbons (Fsp3) is 0.385. The maximum absolute atomic E-state index is 12.3. The number of hydrogen-bond acceptors (Lipinski definition) is 3. The van der Waals surface area contributed by atoms with Gasteiger partial charge in [0.05, 0.1) is 7.11 Å². The van der Waals surface area contributed by atoms with Gasteiger partial charge in [0.2, 0.25) is 5.91 Å². The quantitative estimate of drug-likeness (QED) is 0.847. The van der Waals surface area contributed by atoms with Crippen LogP contribution in [0, 0.1) is 0 Å². The van der Waals surface area contributed by atoms with Gasteiger partial charge < -0.3 is 15.0 Å². The van der Waals surface area contributed by atoms with Gasteiger partial charge in [-0.3, -0.25) is 9.59 Å². The summed E-state index contributed by atoms with van der Waals surface area (Å²) in [7, 11) is 1.56. The number of rotatable bonds is 2. The van der Waals surface area contributed by atoms with Crippen molar-refractivity contribution in [3.8, 4) is 5.75 Å². The SMILES string of the molecule is COc1cccc(N2CC(=O)NC(C)(C)C2=O)c1. The zero-order chi connectivity index (χ0) is 13.3. The summed E-state index contributed by atoms with van der Waals surface area (Å²) in [5.74, 6) is 0.363. The van der Waals surface area contributed by atoms with E-state index in [1.54, 1.807) is 45.2 Å². The van der Waals surface area contributed by atoms with Crippen molar-refractivity contribution in [3.63, 3.8) is 0 Å². The Hall–Kier alpha value is -2.04. The molecule has 0 unspecified atom stereocenters. The number of carbonyl (C=O) groups excluding carboxylic acids is 2. The number of piperazine rings is 1. The molecule has 1 fully saturated rings. The molecule has 2 amide bonds. The Morgan fingerprint density at radius 3 is 2.72 bits per heavy atom. The number of benzene rings is 1. The van der Waals surface area contributed by atoms with Crippen molar-refractivity contribution < 1.29 is 14.3 Å². The number of carbonyl (C=O) groups is 2. The third-order valence-corrected chi connectivity index (χ3v) is 2.90. The number of nitrogens with zero attached hydrogens (tertiary/aromatic N) is 1. The molecule has 1 aromatic rings. The average molecular weight is 248 g/mol. The van der Waals surface area contributed by atoms with E-state index < -0.39 is 5.54 Å². The molecule has 0 aliphatic carbocycles. The predicted octanol–water partition coefficient (Wildman–Crippen LogP) is 0.937. The number of nitrogens with one attached hydrogen (secondary N) is 1. The van der Waals surface area contributed by atoms with Gasteiger partial charge in [0, 0.05) is 11.8 Å². The fourth-order valence-corrected chi connectivity index (χ4v) is 1.98. The highest BCUT2D eigenvalue weighted by Gasteiger charge is 2.39. The molecule has 96 valence electrons. The van der Waals surface area contributed by atoms with Gasteiger partial charge >= 0.3 is 0 Å². The van der Waals surface area contributed by atoms with Crippen LogP contribution in [0.25, 0.3) is 0 Å². The van der Waals surface area contributed by atoms with Crippen LogP contribution in [0.3, 0.4) is 0 Å². The molecule has 1 aliphatic rings. The largest absolute Gasteiger partial charge is 0.497 e. The van der Waals surface area contributed by atoms with E-state index in [4.69, 9.17) is 4.74 Å². The molecule has 5 heteroatoms. The number of amides is 2. The smallest absolute Gasteiger partial charge is 0.252 e. The van der Waals surface area contributed by atoms with Gasteiger partial charge in [-0.15, -0.1) is 0 Å². The number of methoxy groups -OCH3 is 1. The Balaban J connectivity index is 2.36. The minimum absolute atomic E-state index is 0.0371. The van der Waals surface area contributed by atoms with Crippen LogP contribution in [0.2, 0.25) is 0 Å². The van der Waals surface area contributed by atoms with Gasteiger partial charge in [0.15, 0.2) is 0 Å². The first-order valence-corrected chi connectivity index (χ1v) is 5.71. The van der Waals surface area contributed by atoms with Crippen molar-refractivity contribution in [1.29, 1.82) is 0 Å². The monoisotopic (exact) mass is 248 g/mol. The Kier molecular flexibility index (Phi) is 2.98. The van der Waals surface area contributed by atoms with E-state index in [-0.39, 0.29) is 18.4 Å². The maximum atomic E-state index is 12.3. The van der Waals surface area contributed by atoms with Gasteiger partial charge in [-0.05, 0) is 26.0 Å². The lowest BCUT2D eigenvalue weighted by Gasteiger charge is -2.37. The van der Waals surface area contributed by atoms with Crippen LogP contribution < -0.4 is 15.0 Å². The summed E-state index contributed by atoms with van der Waals surface area (Å²) in [6.45, 7) is 3.43. The highest BCUT2D eigenvalue weighted by Crippen LogP contribution is 2.25. The van der Waals surface area contributed by atoms with E-state index in [0.717, 1.165) is 0 Å². The zero-order valence-corrected chi connectivity index (χ0v) is 10.7. The van der Waals surface area contributed by atoms with Gasteiger partial charge in [-0.1, -0.05) is 6.07 Å². The summed E-state index contributed by atoms with van der Waals surface area (Å²) >= 11 is 0. The van der Waals surface area contributed by atoms with Gasteiger partial charge in [0.25, 0.3) is 5.91 Å². The normalized spacial score (nSPS) is 18.5. The van der Waals surface area contributed by atoms with Crippen molar-refractivity contribution in [1.82, 2.24) is 5.32 Å². The molecule has 1 heterocycles. The van der Waals surface area contributed by atoms with Crippen molar-refractivity contribution >= 4 is 17.5 Å². The predicted molar refractivity (Wildman–Crippen MR) is 67.6 cm³/mol. The Bertz CT molecular complexity index is 497. The summed E-state index contributed by atoms with van der Waals surface area (Å²) in [6.07, 6.45) is 0. The number of ether oxygens (including phenoxy) is 1. The lowest BCUT2D eigenvalue weighted by molar-refractivity contribution is -0.134. The Morgan fingerprint density at radius 1 is 1.33 bits per heavy atom. The summed E-state index contributed by atoms with van der Waals surface area (Å²) < 4.78 is 5.12. The zero-order valence-electron chi connectivity index (χ0n) is 10.7. The van der Waals surface area contributed by atoms with Crippen LogP contribution in [-0.4, -0.2) is 31.0 Å². The van der Waals surface area contributed by atoms with Crippen LogP contribution in [0.4, 0.5) is 5.69 Å². The highest BCUT2D eigenvalue weighted by molar-refractivity contribution is 6.08. The number of anilines is 1. The van der Waals surface area contributed by atoms with Crippen molar-refractivity contribution in [2.24, 2.45) is 0 Å². The van der Waals surface area contributed by atoms with E-state index in [1.165, 1.54) is 4.90 Å². The fourth-order valence-electron chi connectivity index (χ4n) is 1.98. The second-order valence-corrected chi connectivity index (χ2v) is 4.77. The van der Waals surface area contributed by atoms with E-state index in [0.29, 0.717) is 11.4 Å². The molecular weight excluding hydrogens is 232 g/mol. The lowest BCUT2D eigenvalue weighted by atomic mass is 10.00. The molecule has 18 heavy (non-hydrogen) atoms. The molecular formula is C13H16N2O3. The van der Waals surface area contributed by atoms with Gasteiger partial charge in [-0.2, -0.15) is 0 Å². The van der Waals surface area contributed by atoms with Crippen LogP contribution in [0.15, 0.2) is 24.3 Å². The van der Waals surface area contributed by atoms with E-state index in [1.807, 2.05) is 0 Å².